The number of fused-ring (bicyclic) bond motifs is 1. The van der Waals surface area contributed by atoms with Gasteiger partial charge in [0.2, 0.25) is 0 Å². The molecule has 0 radical (unpaired) electrons. The average molecular weight is 219 g/mol. The van der Waals surface area contributed by atoms with Crippen molar-refractivity contribution in [2.75, 3.05) is 12.3 Å². The summed E-state index contributed by atoms with van der Waals surface area (Å²) in [4.78, 5) is 11.7. The van der Waals surface area contributed by atoms with E-state index in [9.17, 15) is 4.79 Å². The van der Waals surface area contributed by atoms with Crippen LogP contribution in [0.5, 0.6) is 5.75 Å². The van der Waals surface area contributed by atoms with E-state index in [1.54, 1.807) is 6.07 Å². The van der Waals surface area contributed by atoms with Gasteiger partial charge in [0.1, 0.15) is 12.4 Å². The molecule has 2 rings (SSSR count). The van der Waals surface area contributed by atoms with Gasteiger partial charge in [-0.25, -0.2) is 0 Å². The third-order valence-corrected chi connectivity index (χ3v) is 3.36. The van der Waals surface area contributed by atoms with Crippen LogP contribution in [-0.2, 0) is 11.2 Å². The minimum atomic E-state index is 0.0505. The molecule has 2 atom stereocenters. The van der Waals surface area contributed by atoms with Crippen molar-refractivity contribution < 1.29 is 9.53 Å². The van der Waals surface area contributed by atoms with Crippen molar-refractivity contribution in [3.05, 3.63) is 23.8 Å². The van der Waals surface area contributed by atoms with Gasteiger partial charge in [-0.05, 0) is 36.1 Å². The van der Waals surface area contributed by atoms with Crippen LogP contribution in [0.2, 0.25) is 0 Å². The van der Waals surface area contributed by atoms with Gasteiger partial charge >= 0.3 is 0 Å². The fourth-order valence-corrected chi connectivity index (χ4v) is 2.02. The number of ketones is 1. The largest absolute Gasteiger partial charge is 0.486 e. The molecule has 1 aliphatic heterocycles. The van der Waals surface area contributed by atoms with E-state index in [0.717, 1.165) is 23.4 Å². The lowest BCUT2D eigenvalue weighted by Crippen LogP contribution is -2.28. The molecule has 86 valence electrons. The number of rotatable bonds is 0. The van der Waals surface area contributed by atoms with E-state index in [1.165, 1.54) is 0 Å². The molecule has 0 fully saturated rings. The summed E-state index contributed by atoms with van der Waals surface area (Å²) in [7, 11) is 0. The number of hydrogen-bond donors (Lipinski definition) is 1. The monoisotopic (exact) mass is 219 g/mol. The SMILES string of the molecule is CC1Cc2cc(N)ccc2OCC(=O)C1C. The van der Waals surface area contributed by atoms with E-state index in [2.05, 4.69) is 6.92 Å². The molecule has 0 bridgehead atoms. The Morgan fingerprint density at radius 1 is 1.38 bits per heavy atom. The maximum Gasteiger partial charge on any atom is 0.173 e. The van der Waals surface area contributed by atoms with Crippen LogP contribution in [0.15, 0.2) is 18.2 Å². The Morgan fingerprint density at radius 3 is 2.88 bits per heavy atom. The van der Waals surface area contributed by atoms with Crippen molar-refractivity contribution in [3.8, 4) is 5.75 Å². The number of Topliss-reactive ketones (excluding diaryl/α,β-unsaturated/α-hetero) is 1. The molecule has 3 nitrogen and oxygen atoms in total. The number of nitrogens with two attached hydrogens (primary N) is 1. The van der Waals surface area contributed by atoms with Gasteiger partial charge in [0.05, 0.1) is 0 Å². The van der Waals surface area contributed by atoms with Crippen molar-refractivity contribution in [2.45, 2.75) is 20.3 Å². The maximum atomic E-state index is 11.7. The summed E-state index contributed by atoms with van der Waals surface area (Å²) in [5.74, 6) is 1.35. The number of anilines is 1. The lowest BCUT2D eigenvalue weighted by atomic mass is 9.86. The van der Waals surface area contributed by atoms with Gasteiger partial charge in [-0.15, -0.1) is 0 Å². The maximum absolute atomic E-state index is 11.7. The fraction of sp³-hybridized carbons (Fsp3) is 0.462. The van der Waals surface area contributed by atoms with Gasteiger partial charge in [0.25, 0.3) is 0 Å². The van der Waals surface area contributed by atoms with Crippen LogP contribution in [0.25, 0.3) is 0 Å². The Morgan fingerprint density at radius 2 is 2.12 bits per heavy atom. The number of carbonyl (C=O) groups excluding carboxylic acids is 1. The summed E-state index contributed by atoms with van der Waals surface area (Å²) in [6, 6.07) is 5.59. The highest BCUT2D eigenvalue weighted by molar-refractivity contribution is 5.82. The van der Waals surface area contributed by atoms with Crippen LogP contribution in [0.1, 0.15) is 19.4 Å². The van der Waals surface area contributed by atoms with Gasteiger partial charge in [-0.2, -0.15) is 0 Å². The average Bonchev–Trinajstić information content (AvgIpc) is 2.25. The first-order chi connectivity index (χ1) is 7.58. The fourth-order valence-electron chi connectivity index (χ4n) is 2.02. The zero-order valence-electron chi connectivity index (χ0n) is 9.69. The van der Waals surface area contributed by atoms with Gasteiger partial charge in [-0.1, -0.05) is 13.8 Å². The van der Waals surface area contributed by atoms with Crippen LogP contribution in [-0.4, -0.2) is 12.4 Å². The first kappa shape index (κ1) is 11.0. The van der Waals surface area contributed by atoms with Crippen molar-refractivity contribution in [2.24, 2.45) is 11.8 Å². The molecule has 0 saturated heterocycles. The summed E-state index contributed by atoms with van der Waals surface area (Å²) < 4.78 is 5.51. The predicted molar refractivity (Wildman–Crippen MR) is 63.4 cm³/mol. The molecule has 1 aromatic rings. The van der Waals surface area contributed by atoms with E-state index in [1.807, 2.05) is 19.1 Å². The van der Waals surface area contributed by atoms with Gasteiger partial charge in [-0.3, -0.25) is 4.79 Å². The Labute approximate surface area is 95.6 Å². The Balaban J connectivity index is 2.35. The molecule has 0 saturated carbocycles. The first-order valence-corrected chi connectivity index (χ1v) is 5.62. The number of hydrogen-bond acceptors (Lipinski definition) is 3. The summed E-state index contributed by atoms with van der Waals surface area (Å²) >= 11 is 0. The molecule has 0 amide bonds. The van der Waals surface area contributed by atoms with Crippen molar-refractivity contribution in [1.29, 1.82) is 0 Å². The van der Waals surface area contributed by atoms with E-state index >= 15 is 0 Å². The van der Waals surface area contributed by atoms with Gasteiger partial charge in [0, 0.05) is 11.6 Å². The van der Waals surface area contributed by atoms with E-state index < -0.39 is 0 Å². The predicted octanol–water partition coefficient (Wildman–Crippen LogP) is 2.04. The third kappa shape index (κ3) is 2.03. The smallest absolute Gasteiger partial charge is 0.173 e. The van der Waals surface area contributed by atoms with Crippen molar-refractivity contribution >= 4 is 11.5 Å². The molecular weight excluding hydrogens is 202 g/mol. The minimum absolute atomic E-state index is 0.0505. The van der Waals surface area contributed by atoms with E-state index in [0.29, 0.717) is 5.92 Å². The molecule has 1 heterocycles. The molecule has 2 unspecified atom stereocenters. The lowest BCUT2D eigenvalue weighted by molar-refractivity contribution is -0.126. The summed E-state index contributed by atoms with van der Waals surface area (Å²) in [6.07, 6.45) is 0.841. The summed E-state index contributed by atoms with van der Waals surface area (Å²) in [6.45, 7) is 4.23. The Kier molecular flexibility index (Phi) is 2.86. The van der Waals surface area contributed by atoms with Crippen molar-refractivity contribution in [1.82, 2.24) is 0 Å². The van der Waals surface area contributed by atoms with Crippen LogP contribution in [0.4, 0.5) is 5.69 Å². The minimum Gasteiger partial charge on any atom is -0.486 e. The zero-order valence-corrected chi connectivity index (χ0v) is 9.69. The topological polar surface area (TPSA) is 52.3 Å². The standard InChI is InChI=1S/C13H17NO2/c1-8-5-10-6-11(14)3-4-13(10)16-7-12(15)9(8)2/h3-4,6,8-9H,5,7,14H2,1-2H3. The molecule has 1 aromatic carbocycles. The third-order valence-electron chi connectivity index (χ3n) is 3.36. The quantitative estimate of drug-likeness (QED) is 0.679. The molecular formula is C13H17NO2. The van der Waals surface area contributed by atoms with E-state index in [4.69, 9.17) is 10.5 Å². The van der Waals surface area contributed by atoms with Crippen molar-refractivity contribution in [3.63, 3.8) is 0 Å². The molecule has 0 aliphatic carbocycles. The van der Waals surface area contributed by atoms with Crippen LogP contribution in [0, 0.1) is 11.8 Å². The molecule has 16 heavy (non-hydrogen) atoms. The highest BCUT2D eigenvalue weighted by Crippen LogP contribution is 2.29. The first-order valence-electron chi connectivity index (χ1n) is 5.62. The molecule has 3 heteroatoms. The Bertz CT molecular complexity index is 414. The molecule has 1 aliphatic rings. The number of ether oxygens (including phenoxy) is 1. The van der Waals surface area contributed by atoms with Crippen LogP contribution < -0.4 is 10.5 Å². The van der Waals surface area contributed by atoms with Crippen LogP contribution >= 0.6 is 0 Å². The molecule has 0 spiro atoms. The second-order valence-electron chi connectivity index (χ2n) is 4.59. The normalized spacial score (nSPS) is 25.2. The number of benzene rings is 1. The second-order valence-corrected chi connectivity index (χ2v) is 4.59. The highest BCUT2D eigenvalue weighted by atomic mass is 16.5. The summed E-state index contributed by atoms with van der Waals surface area (Å²) in [5, 5.41) is 0. The number of nitrogen functional groups attached to an aromatic ring is 1. The van der Waals surface area contributed by atoms with Gasteiger partial charge in [0.15, 0.2) is 5.78 Å². The lowest BCUT2D eigenvalue weighted by Gasteiger charge is -2.24. The zero-order chi connectivity index (χ0) is 11.7. The molecule has 2 N–H and O–H groups in total. The van der Waals surface area contributed by atoms with Gasteiger partial charge < -0.3 is 10.5 Å². The highest BCUT2D eigenvalue weighted by Gasteiger charge is 2.24. The number of carbonyl (C=O) groups is 1. The Hall–Kier alpha value is -1.51. The summed E-state index contributed by atoms with van der Waals surface area (Å²) in [5.41, 5.74) is 7.60. The second kappa shape index (κ2) is 4.16. The molecule has 0 aromatic heterocycles. The van der Waals surface area contributed by atoms with Crippen LogP contribution in [0.3, 0.4) is 0 Å². The van der Waals surface area contributed by atoms with E-state index in [-0.39, 0.29) is 18.3 Å².